The topological polar surface area (TPSA) is 71.0 Å². The minimum atomic E-state index is -0.0555. The summed E-state index contributed by atoms with van der Waals surface area (Å²) in [6.07, 6.45) is 1.51. The fourth-order valence-corrected chi connectivity index (χ4v) is 5.09. The van der Waals surface area contributed by atoms with Crippen LogP contribution in [0.3, 0.4) is 0 Å². The van der Waals surface area contributed by atoms with Crippen LogP contribution >= 0.6 is 23.1 Å². The van der Waals surface area contributed by atoms with Crippen LogP contribution in [-0.4, -0.2) is 33.7 Å². The highest BCUT2D eigenvalue weighted by atomic mass is 32.2. The van der Waals surface area contributed by atoms with Crippen molar-refractivity contribution in [2.45, 2.75) is 25.4 Å². The highest BCUT2D eigenvalue weighted by Crippen LogP contribution is 2.34. The first-order valence-electron chi connectivity index (χ1n) is 9.86. The van der Waals surface area contributed by atoms with Gasteiger partial charge in [0.15, 0.2) is 10.8 Å². The molecule has 0 saturated heterocycles. The van der Waals surface area contributed by atoms with E-state index in [1.54, 1.807) is 11.3 Å². The Kier molecular flexibility index (Phi) is 6.48. The van der Waals surface area contributed by atoms with E-state index < -0.39 is 0 Å². The second-order valence-corrected chi connectivity index (χ2v) is 9.21. The summed E-state index contributed by atoms with van der Waals surface area (Å²) in [5.41, 5.74) is 4.86. The van der Waals surface area contributed by atoms with Crippen LogP contribution in [-0.2, 0) is 11.3 Å². The Bertz CT molecular complexity index is 1190. The van der Waals surface area contributed by atoms with Gasteiger partial charge in [0.2, 0.25) is 5.91 Å². The van der Waals surface area contributed by atoms with Gasteiger partial charge in [-0.05, 0) is 30.5 Å². The summed E-state index contributed by atoms with van der Waals surface area (Å²) >= 11 is 2.96. The number of hydrogen-bond donors (Lipinski definition) is 1. The third-order valence-corrected chi connectivity index (χ3v) is 7.11. The normalized spacial score (nSPS) is 10.9. The van der Waals surface area contributed by atoms with Crippen molar-refractivity contribution >= 4 is 50.2 Å². The summed E-state index contributed by atoms with van der Waals surface area (Å²) in [6, 6.07) is 16.2. The molecular weight excluding hydrogens is 426 g/mol. The lowest BCUT2D eigenvalue weighted by Crippen LogP contribution is -2.15. The van der Waals surface area contributed by atoms with Gasteiger partial charge in [-0.1, -0.05) is 71.6 Å². The molecule has 0 spiro atoms. The Balaban J connectivity index is 1.46. The van der Waals surface area contributed by atoms with Crippen LogP contribution in [0.5, 0.6) is 0 Å². The van der Waals surface area contributed by atoms with E-state index in [1.807, 2.05) is 57.3 Å². The number of aromatic nitrogens is 3. The van der Waals surface area contributed by atoms with Crippen LogP contribution in [0.1, 0.15) is 16.7 Å². The van der Waals surface area contributed by atoms with Crippen LogP contribution in [0.15, 0.2) is 59.9 Å². The average molecular weight is 450 g/mol. The van der Waals surface area contributed by atoms with E-state index in [-0.39, 0.29) is 11.7 Å². The molecule has 0 bridgehead atoms. The summed E-state index contributed by atoms with van der Waals surface area (Å²) in [5.74, 6) is 0.215. The molecule has 158 valence electrons. The van der Waals surface area contributed by atoms with Gasteiger partial charge in [-0.2, -0.15) is 4.98 Å². The first-order chi connectivity index (χ1) is 15.0. The van der Waals surface area contributed by atoms with E-state index in [1.165, 1.54) is 23.7 Å². The Hall–Kier alpha value is -2.97. The number of anilines is 2. The summed E-state index contributed by atoms with van der Waals surface area (Å²) < 4.78 is 0.905. The monoisotopic (exact) mass is 449 g/mol. The summed E-state index contributed by atoms with van der Waals surface area (Å²) in [6.45, 7) is 4.75. The molecule has 2 heterocycles. The molecule has 31 heavy (non-hydrogen) atoms. The zero-order chi connectivity index (χ0) is 21.8. The Labute approximate surface area is 189 Å². The predicted octanol–water partition coefficient (Wildman–Crippen LogP) is 5.07. The van der Waals surface area contributed by atoms with E-state index in [4.69, 9.17) is 0 Å². The maximum atomic E-state index is 12.5. The maximum Gasteiger partial charge on any atom is 0.234 e. The predicted molar refractivity (Wildman–Crippen MR) is 129 cm³/mol. The molecule has 1 amide bonds. The molecule has 4 rings (SSSR count). The third-order valence-electron chi connectivity index (χ3n) is 4.82. The molecule has 0 atom stereocenters. The molecule has 0 aliphatic heterocycles. The van der Waals surface area contributed by atoms with Gasteiger partial charge in [-0.25, -0.2) is 9.97 Å². The minimum absolute atomic E-state index is 0.0555. The van der Waals surface area contributed by atoms with Gasteiger partial charge in [0.05, 0.1) is 5.75 Å². The van der Waals surface area contributed by atoms with Gasteiger partial charge in [0.25, 0.3) is 0 Å². The fraction of sp³-hybridized carbons (Fsp3) is 0.217. The molecule has 0 fully saturated rings. The van der Waals surface area contributed by atoms with Gasteiger partial charge in [-0.15, -0.1) is 0 Å². The molecule has 1 N–H and O–H groups in total. The van der Waals surface area contributed by atoms with E-state index >= 15 is 0 Å². The number of carbonyl (C=O) groups excluding carboxylic acids is 1. The summed E-state index contributed by atoms with van der Waals surface area (Å²) in [7, 11) is 2.02. The maximum absolute atomic E-state index is 12.5. The van der Waals surface area contributed by atoms with Crippen molar-refractivity contribution in [3.05, 3.63) is 71.5 Å². The fourth-order valence-electron chi connectivity index (χ4n) is 3.23. The lowest BCUT2D eigenvalue weighted by molar-refractivity contribution is -0.113. The van der Waals surface area contributed by atoms with Crippen molar-refractivity contribution < 1.29 is 4.79 Å². The highest BCUT2D eigenvalue weighted by molar-refractivity contribution is 8.00. The molecule has 2 aromatic heterocycles. The first kappa shape index (κ1) is 21.3. The van der Waals surface area contributed by atoms with Crippen molar-refractivity contribution in [3.63, 3.8) is 0 Å². The number of carbonyl (C=O) groups is 1. The lowest BCUT2D eigenvalue weighted by atomic mass is 10.1. The number of fused-ring (bicyclic) bond motifs is 1. The molecule has 6 nitrogen and oxygen atoms in total. The highest BCUT2D eigenvalue weighted by Gasteiger charge is 2.16. The molecule has 0 aliphatic carbocycles. The smallest absolute Gasteiger partial charge is 0.234 e. The van der Waals surface area contributed by atoms with E-state index in [0.717, 1.165) is 38.2 Å². The molecule has 0 aliphatic rings. The van der Waals surface area contributed by atoms with Gasteiger partial charge in [0.1, 0.15) is 16.1 Å². The molecule has 0 unspecified atom stereocenters. The Morgan fingerprint density at radius 3 is 2.55 bits per heavy atom. The largest absolute Gasteiger partial charge is 0.347 e. The molecule has 0 saturated carbocycles. The number of rotatable bonds is 7. The van der Waals surface area contributed by atoms with E-state index in [9.17, 15) is 4.79 Å². The zero-order valence-electron chi connectivity index (χ0n) is 17.6. The van der Waals surface area contributed by atoms with E-state index in [0.29, 0.717) is 5.65 Å². The van der Waals surface area contributed by atoms with Crippen molar-refractivity contribution in [2.24, 2.45) is 0 Å². The zero-order valence-corrected chi connectivity index (χ0v) is 19.3. The standard InChI is InChI=1S/C23H23N5OS2/c1-15-8-7-9-16(2)19(15)26-18(29)13-30-22-20-21(24-14-25-22)27-23(31-20)28(3)12-17-10-5-4-6-11-17/h4-11,14H,12-13H2,1-3H3,(H,26,29). The number of hydrogen-bond acceptors (Lipinski definition) is 7. The quantitative estimate of drug-likeness (QED) is 0.314. The van der Waals surface area contributed by atoms with E-state index in [2.05, 4.69) is 37.3 Å². The first-order valence-corrected chi connectivity index (χ1v) is 11.7. The van der Waals surface area contributed by atoms with Crippen LogP contribution < -0.4 is 10.2 Å². The summed E-state index contributed by atoms with van der Waals surface area (Å²) in [5, 5.41) is 4.68. The molecular formula is C23H23N5OS2. The number of thioether (sulfide) groups is 1. The number of nitrogens with one attached hydrogen (secondary N) is 1. The molecule has 2 aromatic carbocycles. The van der Waals surface area contributed by atoms with Gasteiger partial charge in [0, 0.05) is 19.3 Å². The molecule has 4 aromatic rings. The SMILES string of the molecule is Cc1cccc(C)c1NC(=O)CSc1ncnc2nc(N(C)Cc3ccccc3)sc12. The van der Waals surface area contributed by atoms with Crippen molar-refractivity contribution in [2.75, 3.05) is 23.0 Å². The number of amides is 1. The number of thiazole rings is 1. The number of aryl methyl sites for hydroxylation is 2. The lowest BCUT2D eigenvalue weighted by Gasteiger charge is -2.15. The van der Waals surface area contributed by atoms with Crippen LogP contribution in [0.4, 0.5) is 10.8 Å². The van der Waals surface area contributed by atoms with Crippen LogP contribution in [0.2, 0.25) is 0 Å². The van der Waals surface area contributed by atoms with Crippen LogP contribution in [0, 0.1) is 13.8 Å². The van der Waals surface area contributed by atoms with Gasteiger partial charge < -0.3 is 10.2 Å². The van der Waals surface area contributed by atoms with Gasteiger partial charge in [-0.3, -0.25) is 4.79 Å². The van der Waals surface area contributed by atoms with Crippen LogP contribution in [0.25, 0.3) is 10.3 Å². The Morgan fingerprint density at radius 1 is 1.06 bits per heavy atom. The Morgan fingerprint density at radius 2 is 1.81 bits per heavy atom. The van der Waals surface area contributed by atoms with Crippen molar-refractivity contribution in [1.82, 2.24) is 15.0 Å². The van der Waals surface area contributed by atoms with Gasteiger partial charge >= 0.3 is 0 Å². The molecule has 8 heteroatoms. The number of nitrogens with zero attached hydrogens (tertiary/aromatic N) is 4. The van der Waals surface area contributed by atoms with Crippen molar-refractivity contribution in [3.8, 4) is 0 Å². The summed E-state index contributed by atoms with van der Waals surface area (Å²) in [4.78, 5) is 28.0. The minimum Gasteiger partial charge on any atom is -0.347 e. The number of benzene rings is 2. The average Bonchev–Trinajstić information content (AvgIpc) is 3.21. The second kappa shape index (κ2) is 9.45. The number of para-hydroxylation sites is 1. The third kappa shape index (κ3) is 5.03. The second-order valence-electron chi connectivity index (χ2n) is 7.27. The molecule has 0 radical (unpaired) electrons. The van der Waals surface area contributed by atoms with Crippen molar-refractivity contribution in [1.29, 1.82) is 0 Å².